The standard InChI is InChI=1S/C9H13N7O2S/c1-6-8(5-16(2)14-6)15-19(17,18)7-3-11-9(13-10)12-4-7/h3-5,15H,10H2,1-2H3,(H,11,12,13). The summed E-state index contributed by atoms with van der Waals surface area (Å²) in [7, 11) is -2.04. The lowest BCUT2D eigenvalue weighted by Gasteiger charge is -2.06. The summed E-state index contributed by atoms with van der Waals surface area (Å²) in [6, 6.07) is 0. The van der Waals surface area contributed by atoms with Gasteiger partial charge < -0.3 is 0 Å². The molecule has 0 unspecified atom stereocenters. The molecule has 0 amide bonds. The number of nitrogens with one attached hydrogen (secondary N) is 2. The Labute approximate surface area is 109 Å². The van der Waals surface area contributed by atoms with Crippen LogP contribution in [0.4, 0.5) is 11.6 Å². The topological polar surface area (TPSA) is 128 Å². The minimum atomic E-state index is -3.74. The number of hydrogen-bond donors (Lipinski definition) is 3. The molecule has 9 nitrogen and oxygen atoms in total. The summed E-state index contributed by atoms with van der Waals surface area (Å²) in [6.07, 6.45) is 3.90. The van der Waals surface area contributed by atoms with E-state index in [1.165, 1.54) is 4.68 Å². The van der Waals surface area contributed by atoms with Crippen molar-refractivity contribution in [1.82, 2.24) is 19.7 Å². The molecule has 0 aromatic carbocycles. The van der Waals surface area contributed by atoms with Crippen LogP contribution in [0.3, 0.4) is 0 Å². The smallest absolute Gasteiger partial charge is 0.265 e. The van der Waals surface area contributed by atoms with Crippen LogP contribution < -0.4 is 16.0 Å². The zero-order valence-corrected chi connectivity index (χ0v) is 11.1. The van der Waals surface area contributed by atoms with E-state index < -0.39 is 10.0 Å². The molecule has 2 rings (SSSR count). The predicted molar refractivity (Wildman–Crippen MR) is 68.6 cm³/mol. The van der Waals surface area contributed by atoms with Crippen molar-refractivity contribution in [1.29, 1.82) is 0 Å². The predicted octanol–water partition coefficient (Wildman–Crippen LogP) is -0.395. The van der Waals surface area contributed by atoms with Crippen molar-refractivity contribution in [2.45, 2.75) is 11.8 Å². The summed E-state index contributed by atoms with van der Waals surface area (Å²) in [5, 5.41) is 4.05. The van der Waals surface area contributed by atoms with E-state index in [4.69, 9.17) is 5.84 Å². The van der Waals surface area contributed by atoms with Crippen LogP contribution in [0.25, 0.3) is 0 Å². The van der Waals surface area contributed by atoms with Gasteiger partial charge in [-0.1, -0.05) is 0 Å². The summed E-state index contributed by atoms with van der Waals surface area (Å²) >= 11 is 0. The zero-order chi connectivity index (χ0) is 14.0. The molecule has 19 heavy (non-hydrogen) atoms. The zero-order valence-electron chi connectivity index (χ0n) is 10.3. The molecular formula is C9H13N7O2S. The van der Waals surface area contributed by atoms with Crippen LogP contribution >= 0.6 is 0 Å². The Morgan fingerprint density at radius 3 is 2.42 bits per heavy atom. The Bertz CT molecular complexity index is 677. The van der Waals surface area contributed by atoms with Crippen molar-refractivity contribution in [3.63, 3.8) is 0 Å². The second-order valence-corrected chi connectivity index (χ2v) is 5.48. The highest BCUT2D eigenvalue weighted by Crippen LogP contribution is 2.17. The summed E-state index contributed by atoms with van der Waals surface area (Å²) in [5.74, 6) is 5.24. The summed E-state index contributed by atoms with van der Waals surface area (Å²) in [4.78, 5) is 7.43. The number of aryl methyl sites for hydroxylation is 2. The average molecular weight is 283 g/mol. The van der Waals surface area contributed by atoms with Gasteiger partial charge in [0, 0.05) is 13.2 Å². The van der Waals surface area contributed by atoms with Crippen molar-refractivity contribution < 1.29 is 8.42 Å². The highest BCUT2D eigenvalue weighted by Gasteiger charge is 2.17. The maximum atomic E-state index is 12.1. The molecule has 2 aromatic heterocycles. The molecule has 0 radical (unpaired) electrons. The van der Waals surface area contributed by atoms with E-state index in [1.807, 2.05) is 0 Å². The van der Waals surface area contributed by atoms with Gasteiger partial charge in [-0.15, -0.1) is 0 Å². The van der Waals surface area contributed by atoms with Crippen LogP contribution in [0.2, 0.25) is 0 Å². The van der Waals surface area contributed by atoms with E-state index in [2.05, 4.69) is 25.2 Å². The minimum absolute atomic E-state index is 0.0604. The Kier molecular flexibility index (Phi) is 3.36. The van der Waals surface area contributed by atoms with Crippen LogP contribution in [-0.4, -0.2) is 28.2 Å². The molecule has 0 aliphatic heterocycles. The summed E-state index contributed by atoms with van der Waals surface area (Å²) in [6.45, 7) is 1.70. The van der Waals surface area contributed by atoms with Crippen LogP contribution in [-0.2, 0) is 17.1 Å². The number of nitrogens with two attached hydrogens (primary N) is 1. The van der Waals surface area contributed by atoms with Crippen molar-refractivity contribution in [3.05, 3.63) is 24.3 Å². The van der Waals surface area contributed by atoms with Crippen molar-refractivity contribution >= 4 is 21.7 Å². The van der Waals surface area contributed by atoms with Crippen LogP contribution in [0.5, 0.6) is 0 Å². The molecule has 0 saturated heterocycles. The molecule has 10 heteroatoms. The third-order valence-corrected chi connectivity index (χ3v) is 3.65. The lowest BCUT2D eigenvalue weighted by Crippen LogP contribution is -2.15. The Balaban J connectivity index is 2.29. The van der Waals surface area contributed by atoms with Crippen LogP contribution in [0, 0.1) is 6.92 Å². The Hall–Kier alpha value is -2.20. The van der Waals surface area contributed by atoms with E-state index in [9.17, 15) is 8.42 Å². The van der Waals surface area contributed by atoms with E-state index in [1.54, 1.807) is 20.2 Å². The molecule has 0 bridgehead atoms. The van der Waals surface area contributed by atoms with Gasteiger partial charge in [0.1, 0.15) is 4.90 Å². The second-order valence-electron chi connectivity index (χ2n) is 3.79. The molecular weight excluding hydrogens is 270 g/mol. The average Bonchev–Trinajstić information content (AvgIpc) is 2.67. The van der Waals surface area contributed by atoms with E-state index in [-0.39, 0.29) is 10.8 Å². The molecule has 0 aliphatic rings. The maximum Gasteiger partial charge on any atom is 0.265 e. The lowest BCUT2D eigenvalue weighted by atomic mass is 10.4. The molecule has 4 N–H and O–H groups in total. The lowest BCUT2D eigenvalue weighted by molar-refractivity contribution is 0.600. The van der Waals surface area contributed by atoms with Crippen molar-refractivity contribution in [3.8, 4) is 0 Å². The van der Waals surface area contributed by atoms with Crippen molar-refractivity contribution in [2.24, 2.45) is 12.9 Å². The monoisotopic (exact) mass is 283 g/mol. The number of sulfonamides is 1. The van der Waals surface area contributed by atoms with E-state index in [0.717, 1.165) is 12.4 Å². The van der Waals surface area contributed by atoms with Crippen LogP contribution in [0.15, 0.2) is 23.5 Å². The van der Waals surface area contributed by atoms with Gasteiger partial charge in [0.25, 0.3) is 10.0 Å². The fourth-order valence-corrected chi connectivity index (χ4v) is 2.42. The van der Waals surface area contributed by atoms with Gasteiger partial charge in [-0.2, -0.15) is 5.10 Å². The first kappa shape index (κ1) is 13.2. The highest BCUT2D eigenvalue weighted by atomic mass is 32.2. The molecule has 0 atom stereocenters. The summed E-state index contributed by atoms with van der Waals surface area (Å²) in [5.41, 5.74) is 3.20. The van der Waals surface area contributed by atoms with Gasteiger partial charge >= 0.3 is 0 Å². The highest BCUT2D eigenvalue weighted by molar-refractivity contribution is 7.92. The first-order chi connectivity index (χ1) is 8.92. The van der Waals surface area contributed by atoms with E-state index >= 15 is 0 Å². The second kappa shape index (κ2) is 4.82. The Morgan fingerprint density at radius 2 is 1.95 bits per heavy atom. The number of rotatable bonds is 4. The number of anilines is 2. The molecule has 102 valence electrons. The van der Waals surface area contributed by atoms with Gasteiger partial charge in [0.15, 0.2) is 0 Å². The number of nitrogens with zero attached hydrogens (tertiary/aromatic N) is 4. The maximum absolute atomic E-state index is 12.1. The molecule has 0 aliphatic carbocycles. The SMILES string of the molecule is Cc1nn(C)cc1NS(=O)(=O)c1cnc(NN)nc1. The number of aromatic nitrogens is 4. The van der Waals surface area contributed by atoms with Gasteiger partial charge in [-0.3, -0.25) is 14.8 Å². The normalized spacial score (nSPS) is 11.3. The fraction of sp³-hybridized carbons (Fsp3) is 0.222. The first-order valence-corrected chi connectivity index (χ1v) is 6.72. The van der Waals surface area contributed by atoms with Gasteiger partial charge in [0.2, 0.25) is 5.95 Å². The quantitative estimate of drug-likeness (QED) is 0.514. The van der Waals surface area contributed by atoms with Crippen molar-refractivity contribution in [2.75, 3.05) is 10.1 Å². The first-order valence-electron chi connectivity index (χ1n) is 5.24. The molecule has 2 aromatic rings. The van der Waals surface area contributed by atoms with Crippen LogP contribution in [0.1, 0.15) is 5.69 Å². The third kappa shape index (κ3) is 2.80. The summed E-state index contributed by atoms with van der Waals surface area (Å²) < 4.78 is 28.1. The minimum Gasteiger partial charge on any atom is -0.292 e. The number of hydrogen-bond acceptors (Lipinski definition) is 7. The Morgan fingerprint density at radius 1 is 1.32 bits per heavy atom. The largest absolute Gasteiger partial charge is 0.292 e. The van der Waals surface area contributed by atoms with Gasteiger partial charge in [-0.05, 0) is 6.92 Å². The van der Waals surface area contributed by atoms with E-state index in [0.29, 0.717) is 11.4 Å². The molecule has 2 heterocycles. The molecule has 0 spiro atoms. The fourth-order valence-electron chi connectivity index (χ4n) is 1.43. The van der Waals surface area contributed by atoms with Gasteiger partial charge in [0.05, 0.1) is 23.8 Å². The third-order valence-electron chi connectivity index (χ3n) is 2.33. The molecule has 0 saturated carbocycles. The number of hydrazine groups is 1. The van der Waals surface area contributed by atoms with Gasteiger partial charge in [-0.25, -0.2) is 24.2 Å². The number of nitrogen functional groups attached to an aromatic ring is 1. The molecule has 0 fully saturated rings.